The summed E-state index contributed by atoms with van der Waals surface area (Å²) in [6, 6.07) is -0.130. The van der Waals surface area contributed by atoms with Crippen molar-refractivity contribution in [2.45, 2.75) is 39.4 Å². The molecule has 1 atom stereocenters. The smallest absolute Gasteiger partial charge is 0.265 e. The van der Waals surface area contributed by atoms with Gasteiger partial charge in [-0.1, -0.05) is 13.8 Å². The van der Waals surface area contributed by atoms with E-state index in [0.29, 0.717) is 0 Å². The van der Waals surface area contributed by atoms with Gasteiger partial charge in [0, 0.05) is 0 Å². The molecule has 1 rings (SSSR count). The molecule has 0 aromatic heterocycles. The predicted molar refractivity (Wildman–Crippen MR) is 49.7 cm³/mol. The zero-order valence-corrected chi connectivity index (χ0v) is 8.92. The van der Waals surface area contributed by atoms with Crippen LogP contribution in [-0.4, -0.2) is 29.8 Å². The monoisotopic (exact) mass is 186 g/mol. The molecule has 1 aliphatic heterocycles. The minimum absolute atomic E-state index is 0.0162. The summed E-state index contributed by atoms with van der Waals surface area (Å²) < 4.78 is 0. The highest BCUT2D eigenvalue weighted by molar-refractivity contribution is 5.84. The average Bonchev–Trinajstić information content (AvgIpc) is 2.22. The first kappa shape index (κ1) is 10.5. The van der Waals surface area contributed by atoms with Crippen molar-refractivity contribution in [1.29, 1.82) is 0 Å². The van der Waals surface area contributed by atoms with Crippen LogP contribution in [0.3, 0.4) is 0 Å². The maximum atomic E-state index is 11.7. The van der Waals surface area contributed by atoms with E-state index in [-0.39, 0.29) is 17.9 Å². The van der Waals surface area contributed by atoms with E-state index >= 15 is 0 Å². The zero-order chi connectivity index (χ0) is 10.2. The third-order valence-corrected chi connectivity index (χ3v) is 2.33. The highest BCUT2D eigenvalue weighted by atomic mass is 16.7. The van der Waals surface area contributed by atoms with Gasteiger partial charge in [-0.15, -0.1) is 0 Å². The Balaban J connectivity index is 2.84. The summed E-state index contributed by atoms with van der Waals surface area (Å²) >= 11 is 0. The number of hydrogen-bond acceptors (Lipinski definition) is 3. The quantitative estimate of drug-likeness (QED) is 0.691. The van der Waals surface area contributed by atoms with E-state index in [4.69, 9.17) is 4.84 Å². The Morgan fingerprint density at radius 3 is 2.31 bits per heavy atom. The molecule has 0 saturated carbocycles. The van der Waals surface area contributed by atoms with Gasteiger partial charge in [0.2, 0.25) is 0 Å². The molecule has 0 unspecified atom stereocenters. The Morgan fingerprint density at radius 2 is 2.08 bits per heavy atom. The second-order valence-electron chi connectivity index (χ2n) is 4.24. The standard InChI is InChI=1S/C9H18N2O2/c1-6(2)7-8(12)11(13-5)9(3,4)10-7/h6-7,10H,1-5H3/t7-/m0/s1. The fourth-order valence-electron chi connectivity index (χ4n) is 1.67. The lowest BCUT2D eigenvalue weighted by molar-refractivity contribution is -0.192. The molecule has 1 saturated heterocycles. The van der Waals surface area contributed by atoms with Gasteiger partial charge < -0.3 is 0 Å². The zero-order valence-electron chi connectivity index (χ0n) is 8.92. The van der Waals surface area contributed by atoms with Gasteiger partial charge >= 0.3 is 0 Å². The topological polar surface area (TPSA) is 41.6 Å². The van der Waals surface area contributed by atoms with Crippen molar-refractivity contribution >= 4 is 5.91 Å². The number of hydroxylamine groups is 2. The summed E-state index contributed by atoms with van der Waals surface area (Å²) in [6.45, 7) is 7.89. The van der Waals surface area contributed by atoms with E-state index < -0.39 is 5.66 Å². The molecule has 0 bridgehead atoms. The van der Waals surface area contributed by atoms with Crippen LogP contribution in [0.15, 0.2) is 0 Å². The van der Waals surface area contributed by atoms with Crippen molar-refractivity contribution in [3.8, 4) is 0 Å². The first-order chi connectivity index (χ1) is 5.90. The van der Waals surface area contributed by atoms with Gasteiger partial charge in [-0.05, 0) is 19.8 Å². The SMILES string of the molecule is CON1C(=O)[C@H](C(C)C)NC1(C)C. The maximum absolute atomic E-state index is 11.7. The van der Waals surface area contributed by atoms with E-state index in [1.165, 1.54) is 12.2 Å². The van der Waals surface area contributed by atoms with Crippen molar-refractivity contribution in [3.63, 3.8) is 0 Å². The Kier molecular flexibility index (Phi) is 2.63. The molecule has 0 radical (unpaired) electrons. The van der Waals surface area contributed by atoms with E-state index in [0.717, 1.165) is 0 Å². The van der Waals surface area contributed by atoms with Crippen LogP contribution in [0.25, 0.3) is 0 Å². The third kappa shape index (κ3) is 1.69. The predicted octanol–water partition coefficient (Wildman–Crippen LogP) is 0.740. The van der Waals surface area contributed by atoms with Crippen LogP contribution in [0.2, 0.25) is 0 Å². The lowest BCUT2D eigenvalue weighted by Crippen LogP contribution is -2.46. The second-order valence-corrected chi connectivity index (χ2v) is 4.24. The highest BCUT2D eigenvalue weighted by Crippen LogP contribution is 2.24. The molecule has 0 aliphatic carbocycles. The molecule has 1 N–H and O–H groups in total. The Bertz CT molecular complexity index is 214. The molecule has 0 spiro atoms. The second kappa shape index (κ2) is 3.27. The van der Waals surface area contributed by atoms with E-state index in [2.05, 4.69) is 5.32 Å². The molecular formula is C9H18N2O2. The number of carbonyl (C=O) groups excluding carboxylic acids is 1. The van der Waals surface area contributed by atoms with E-state index in [1.807, 2.05) is 27.7 Å². The summed E-state index contributed by atoms with van der Waals surface area (Å²) in [4.78, 5) is 16.8. The van der Waals surface area contributed by atoms with Crippen molar-refractivity contribution in [2.24, 2.45) is 5.92 Å². The Hall–Kier alpha value is -0.610. The molecule has 1 heterocycles. The Morgan fingerprint density at radius 1 is 1.54 bits per heavy atom. The number of amides is 1. The minimum Gasteiger partial charge on any atom is -0.281 e. The highest BCUT2D eigenvalue weighted by Gasteiger charge is 2.46. The van der Waals surface area contributed by atoms with Crippen molar-refractivity contribution in [1.82, 2.24) is 10.4 Å². The number of nitrogens with one attached hydrogen (secondary N) is 1. The summed E-state index contributed by atoms with van der Waals surface area (Å²) in [5, 5.41) is 4.63. The van der Waals surface area contributed by atoms with Crippen molar-refractivity contribution in [3.05, 3.63) is 0 Å². The van der Waals surface area contributed by atoms with E-state index in [1.54, 1.807) is 0 Å². The Labute approximate surface area is 79.2 Å². The number of hydrogen-bond donors (Lipinski definition) is 1. The van der Waals surface area contributed by atoms with Gasteiger partial charge in [0.1, 0.15) is 5.66 Å². The molecular weight excluding hydrogens is 168 g/mol. The first-order valence-electron chi connectivity index (χ1n) is 4.56. The lowest BCUT2D eigenvalue weighted by atomic mass is 10.1. The van der Waals surface area contributed by atoms with E-state index in [9.17, 15) is 4.79 Å². The van der Waals surface area contributed by atoms with Crippen molar-refractivity contribution in [2.75, 3.05) is 7.11 Å². The molecule has 1 amide bonds. The lowest BCUT2D eigenvalue weighted by Gasteiger charge is -2.28. The van der Waals surface area contributed by atoms with Gasteiger partial charge in [0.25, 0.3) is 5.91 Å². The van der Waals surface area contributed by atoms with Crippen LogP contribution in [-0.2, 0) is 9.63 Å². The van der Waals surface area contributed by atoms with Crippen LogP contribution in [0, 0.1) is 5.92 Å². The summed E-state index contributed by atoms with van der Waals surface area (Å²) in [5.74, 6) is 0.300. The maximum Gasteiger partial charge on any atom is 0.265 e. The molecule has 1 aliphatic rings. The first-order valence-corrected chi connectivity index (χ1v) is 4.56. The van der Waals surface area contributed by atoms with Crippen LogP contribution < -0.4 is 5.32 Å². The molecule has 0 aromatic carbocycles. The fraction of sp³-hybridized carbons (Fsp3) is 0.889. The molecule has 0 aromatic rings. The fourth-order valence-corrected chi connectivity index (χ4v) is 1.67. The largest absolute Gasteiger partial charge is 0.281 e. The van der Waals surface area contributed by atoms with Gasteiger partial charge in [0.05, 0.1) is 13.2 Å². The van der Waals surface area contributed by atoms with Crippen LogP contribution in [0.4, 0.5) is 0 Å². The molecule has 13 heavy (non-hydrogen) atoms. The van der Waals surface area contributed by atoms with Gasteiger partial charge in [-0.3, -0.25) is 14.9 Å². The number of carbonyl (C=O) groups is 1. The van der Waals surface area contributed by atoms with Crippen LogP contribution >= 0.6 is 0 Å². The summed E-state index contributed by atoms with van der Waals surface area (Å²) in [6.07, 6.45) is 0. The van der Waals surface area contributed by atoms with Crippen LogP contribution in [0.5, 0.6) is 0 Å². The normalized spacial score (nSPS) is 27.4. The molecule has 4 heteroatoms. The van der Waals surface area contributed by atoms with Gasteiger partial charge in [0.15, 0.2) is 0 Å². The van der Waals surface area contributed by atoms with Gasteiger partial charge in [-0.25, -0.2) is 5.06 Å². The molecule has 4 nitrogen and oxygen atoms in total. The molecule has 1 fully saturated rings. The van der Waals surface area contributed by atoms with Gasteiger partial charge in [-0.2, -0.15) is 0 Å². The summed E-state index contributed by atoms with van der Waals surface area (Å²) in [7, 11) is 1.52. The van der Waals surface area contributed by atoms with Crippen LogP contribution in [0.1, 0.15) is 27.7 Å². The summed E-state index contributed by atoms with van der Waals surface area (Å²) in [5.41, 5.74) is -0.402. The van der Waals surface area contributed by atoms with Crippen molar-refractivity contribution < 1.29 is 9.63 Å². The number of rotatable bonds is 2. The minimum atomic E-state index is -0.402. The number of nitrogens with zero attached hydrogens (tertiary/aromatic N) is 1. The average molecular weight is 186 g/mol. The molecule has 76 valence electrons. The third-order valence-electron chi connectivity index (χ3n) is 2.33.